The summed E-state index contributed by atoms with van der Waals surface area (Å²) in [6.07, 6.45) is -0.0380. The molecule has 32 heavy (non-hydrogen) atoms. The average Bonchev–Trinajstić information content (AvgIpc) is 3.27. The molecule has 0 amide bonds. The van der Waals surface area contributed by atoms with E-state index in [0.29, 0.717) is 23.2 Å². The van der Waals surface area contributed by atoms with Crippen molar-refractivity contribution >= 4 is 22.9 Å². The van der Waals surface area contributed by atoms with Gasteiger partial charge in [-0.05, 0) is 37.6 Å². The lowest BCUT2D eigenvalue weighted by atomic mass is 10.1. The van der Waals surface area contributed by atoms with Crippen molar-refractivity contribution in [3.63, 3.8) is 0 Å². The highest BCUT2D eigenvalue weighted by molar-refractivity contribution is 5.99. The van der Waals surface area contributed by atoms with Crippen molar-refractivity contribution in [3.05, 3.63) is 93.7 Å². The molecule has 7 heteroatoms. The van der Waals surface area contributed by atoms with Gasteiger partial charge < -0.3 is 13.7 Å². The van der Waals surface area contributed by atoms with Gasteiger partial charge in [0.25, 0.3) is 0 Å². The van der Waals surface area contributed by atoms with Crippen molar-refractivity contribution in [3.8, 4) is 0 Å². The van der Waals surface area contributed by atoms with Crippen LogP contribution in [0.4, 0.5) is 0 Å². The Morgan fingerprint density at radius 2 is 1.69 bits per heavy atom. The van der Waals surface area contributed by atoms with Gasteiger partial charge in [0.15, 0.2) is 12.2 Å². The minimum Gasteiger partial charge on any atom is -0.457 e. The molecule has 4 aromatic rings. The number of nitrogens with zero attached hydrogens (tertiary/aromatic N) is 2. The van der Waals surface area contributed by atoms with E-state index >= 15 is 0 Å². The zero-order valence-electron chi connectivity index (χ0n) is 18.0. The molecule has 4 rings (SSSR count). The smallest absolute Gasteiger partial charge is 0.419 e. The van der Waals surface area contributed by atoms with Gasteiger partial charge in [-0.2, -0.15) is 0 Å². The molecule has 2 heterocycles. The molecule has 0 saturated carbocycles. The van der Waals surface area contributed by atoms with E-state index in [2.05, 4.69) is 4.57 Å². The number of benzene rings is 2. The van der Waals surface area contributed by atoms with E-state index in [4.69, 9.17) is 9.15 Å². The number of ether oxygens (including phenoxy) is 1. The summed E-state index contributed by atoms with van der Waals surface area (Å²) in [5, 5.41) is 0. The first kappa shape index (κ1) is 21.4. The SMILES string of the molecule is Cc1cc(C(=O)COC(=O)CCn2c(=O)oc3ccccc32)c(C)n1Cc1ccccc1. The Kier molecular flexibility index (Phi) is 6.07. The van der Waals surface area contributed by atoms with Gasteiger partial charge in [-0.3, -0.25) is 14.2 Å². The summed E-state index contributed by atoms with van der Waals surface area (Å²) < 4.78 is 13.8. The molecule has 0 aliphatic carbocycles. The van der Waals surface area contributed by atoms with Crippen LogP contribution in [0.1, 0.15) is 33.7 Å². The minimum atomic E-state index is -0.548. The summed E-state index contributed by atoms with van der Waals surface area (Å²) in [5.74, 6) is -1.33. The second-order valence-corrected chi connectivity index (χ2v) is 7.68. The van der Waals surface area contributed by atoms with E-state index in [9.17, 15) is 14.4 Å². The minimum absolute atomic E-state index is 0.0380. The highest BCUT2D eigenvalue weighted by Gasteiger charge is 2.18. The molecule has 0 atom stereocenters. The molecule has 0 saturated heterocycles. The van der Waals surface area contributed by atoms with E-state index in [1.54, 1.807) is 24.3 Å². The van der Waals surface area contributed by atoms with Gasteiger partial charge >= 0.3 is 11.7 Å². The zero-order chi connectivity index (χ0) is 22.7. The molecule has 0 radical (unpaired) electrons. The summed E-state index contributed by atoms with van der Waals surface area (Å²) >= 11 is 0. The number of esters is 1. The van der Waals surface area contributed by atoms with E-state index in [0.717, 1.165) is 17.0 Å². The third-order valence-corrected chi connectivity index (χ3v) is 5.54. The van der Waals surface area contributed by atoms with Crippen LogP contribution >= 0.6 is 0 Å². The van der Waals surface area contributed by atoms with E-state index < -0.39 is 11.7 Å². The maximum atomic E-state index is 12.7. The molecule has 2 aromatic heterocycles. The first-order valence-electron chi connectivity index (χ1n) is 10.4. The van der Waals surface area contributed by atoms with Crippen molar-refractivity contribution < 1.29 is 18.7 Å². The topological polar surface area (TPSA) is 83.4 Å². The molecule has 0 unspecified atom stereocenters. The van der Waals surface area contributed by atoms with Crippen LogP contribution in [-0.2, 0) is 22.6 Å². The van der Waals surface area contributed by atoms with Crippen molar-refractivity contribution in [2.24, 2.45) is 0 Å². The standard InChI is InChI=1S/C25H24N2O5/c1-17-14-20(18(2)27(17)15-19-8-4-3-5-9-19)22(28)16-31-24(29)12-13-26-21-10-6-7-11-23(21)32-25(26)30/h3-11,14H,12-13,15-16H2,1-2H3. The lowest BCUT2D eigenvalue weighted by Crippen LogP contribution is -2.19. The summed E-state index contributed by atoms with van der Waals surface area (Å²) in [7, 11) is 0. The Hall–Kier alpha value is -3.87. The third kappa shape index (κ3) is 4.42. The Labute approximate surface area is 184 Å². The molecule has 7 nitrogen and oxygen atoms in total. The molecule has 164 valence electrons. The van der Waals surface area contributed by atoms with Crippen molar-refractivity contribution in [2.45, 2.75) is 33.4 Å². The fourth-order valence-corrected chi connectivity index (χ4v) is 3.82. The number of oxazole rings is 1. The summed E-state index contributed by atoms with van der Waals surface area (Å²) in [6, 6.07) is 18.8. The van der Waals surface area contributed by atoms with Gasteiger partial charge in [-0.25, -0.2) is 4.79 Å². The first-order valence-corrected chi connectivity index (χ1v) is 10.4. The number of hydrogen-bond donors (Lipinski definition) is 0. The largest absolute Gasteiger partial charge is 0.457 e. The lowest BCUT2D eigenvalue weighted by Gasteiger charge is -2.10. The Bertz CT molecular complexity index is 1330. The molecule has 0 fully saturated rings. The van der Waals surface area contributed by atoms with E-state index in [1.807, 2.05) is 50.2 Å². The predicted molar refractivity (Wildman–Crippen MR) is 120 cm³/mol. The van der Waals surface area contributed by atoms with Crippen LogP contribution in [0, 0.1) is 13.8 Å². The monoisotopic (exact) mass is 432 g/mol. The molecule has 0 aliphatic rings. The molecule has 0 aliphatic heterocycles. The highest BCUT2D eigenvalue weighted by atomic mass is 16.5. The number of Topliss-reactive ketones (excluding diaryl/α,β-unsaturated/α-hetero) is 1. The summed E-state index contributed by atoms with van der Waals surface area (Å²) in [4.78, 5) is 36.9. The number of aromatic nitrogens is 2. The predicted octanol–water partition coefficient (Wildman–Crippen LogP) is 3.88. The zero-order valence-corrected chi connectivity index (χ0v) is 18.0. The van der Waals surface area contributed by atoms with Crippen LogP contribution in [0.25, 0.3) is 11.1 Å². The van der Waals surface area contributed by atoms with Gasteiger partial charge in [0.1, 0.15) is 0 Å². The summed E-state index contributed by atoms with van der Waals surface area (Å²) in [6.45, 7) is 4.29. The van der Waals surface area contributed by atoms with Gasteiger partial charge in [0.2, 0.25) is 5.78 Å². The maximum absolute atomic E-state index is 12.7. The van der Waals surface area contributed by atoms with Crippen molar-refractivity contribution in [1.82, 2.24) is 9.13 Å². The molecule has 2 aromatic carbocycles. The highest BCUT2D eigenvalue weighted by Crippen LogP contribution is 2.18. The molecule has 0 spiro atoms. The van der Waals surface area contributed by atoms with Crippen LogP contribution in [-0.4, -0.2) is 27.5 Å². The Morgan fingerprint density at radius 3 is 2.47 bits per heavy atom. The maximum Gasteiger partial charge on any atom is 0.419 e. The number of fused-ring (bicyclic) bond motifs is 1. The number of hydrogen-bond acceptors (Lipinski definition) is 5. The van der Waals surface area contributed by atoms with Crippen LogP contribution in [0.5, 0.6) is 0 Å². The lowest BCUT2D eigenvalue weighted by molar-refractivity contribution is -0.142. The van der Waals surface area contributed by atoms with E-state index in [1.165, 1.54) is 4.57 Å². The van der Waals surface area contributed by atoms with Gasteiger partial charge in [0, 0.05) is 30.0 Å². The molecule has 0 bridgehead atoms. The number of carbonyl (C=O) groups is 2. The third-order valence-electron chi connectivity index (χ3n) is 5.54. The number of aryl methyl sites for hydroxylation is 2. The number of ketones is 1. The van der Waals surface area contributed by atoms with Crippen LogP contribution in [0.3, 0.4) is 0 Å². The Morgan fingerprint density at radius 1 is 0.969 bits per heavy atom. The fraction of sp³-hybridized carbons (Fsp3) is 0.240. The fourth-order valence-electron chi connectivity index (χ4n) is 3.82. The Balaban J connectivity index is 1.36. The van der Waals surface area contributed by atoms with Crippen molar-refractivity contribution in [1.29, 1.82) is 0 Å². The van der Waals surface area contributed by atoms with E-state index in [-0.39, 0.29) is 25.4 Å². The number of rotatable bonds is 8. The number of para-hydroxylation sites is 2. The molecular weight excluding hydrogens is 408 g/mol. The normalized spacial score (nSPS) is 11.1. The van der Waals surface area contributed by atoms with Gasteiger partial charge in [0.05, 0.1) is 11.9 Å². The van der Waals surface area contributed by atoms with Gasteiger partial charge in [-0.15, -0.1) is 0 Å². The van der Waals surface area contributed by atoms with Crippen LogP contribution in [0.15, 0.2) is 69.9 Å². The first-order chi connectivity index (χ1) is 15.4. The second kappa shape index (κ2) is 9.09. The average molecular weight is 432 g/mol. The molecule has 0 N–H and O–H groups in total. The number of carbonyl (C=O) groups excluding carboxylic acids is 2. The van der Waals surface area contributed by atoms with Gasteiger partial charge in [-0.1, -0.05) is 42.5 Å². The summed E-state index contributed by atoms with van der Waals surface area (Å²) in [5.41, 5.74) is 4.57. The van der Waals surface area contributed by atoms with Crippen LogP contribution in [0.2, 0.25) is 0 Å². The van der Waals surface area contributed by atoms with Crippen LogP contribution < -0.4 is 5.76 Å². The quantitative estimate of drug-likeness (QED) is 0.312. The van der Waals surface area contributed by atoms with Crippen molar-refractivity contribution in [2.75, 3.05) is 6.61 Å². The second-order valence-electron chi connectivity index (χ2n) is 7.68. The molecular formula is C25H24N2O5.